The van der Waals surface area contributed by atoms with Crippen LogP contribution in [-0.2, 0) is 9.84 Å². The zero-order valence-electron chi connectivity index (χ0n) is 10.4. The third-order valence-electron chi connectivity index (χ3n) is 2.92. The Labute approximate surface area is 107 Å². The molecule has 1 atom stereocenters. The lowest BCUT2D eigenvalue weighted by atomic mass is 10.3. The highest BCUT2D eigenvalue weighted by Crippen LogP contribution is 2.11. The highest BCUT2D eigenvalue weighted by molar-refractivity contribution is 7.91. The number of hydrogen-bond acceptors (Lipinski definition) is 5. The molecule has 0 bridgehead atoms. The first-order chi connectivity index (χ1) is 8.55. The van der Waals surface area contributed by atoms with Crippen LogP contribution in [-0.4, -0.2) is 44.1 Å². The number of aromatic nitrogens is 1. The summed E-state index contributed by atoms with van der Waals surface area (Å²) in [5, 5.41) is 3.19. The van der Waals surface area contributed by atoms with Crippen molar-refractivity contribution in [3.05, 3.63) is 24.0 Å². The Morgan fingerprint density at radius 2 is 2.33 bits per heavy atom. The fourth-order valence-electron chi connectivity index (χ4n) is 1.93. The number of ether oxygens (including phenoxy) is 1. The Hall–Kier alpha value is -1.14. The van der Waals surface area contributed by atoms with Crippen LogP contribution in [0.2, 0.25) is 0 Å². The minimum absolute atomic E-state index is 0.0785. The normalized spacial score (nSPS) is 21.9. The molecule has 1 aromatic heterocycles. The van der Waals surface area contributed by atoms with Crippen molar-refractivity contribution in [2.24, 2.45) is 0 Å². The van der Waals surface area contributed by atoms with E-state index in [2.05, 4.69) is 10.3 Å². The zero-order chi connectivity index (χ0) is 13.0. The van der Waals surface area contributed by atoms with Crippen LogP contribution in [0.15, 0.2) is 18.3 Å². The summed E-state index contributed by atoms with van der Waals surface area (Å²) in [7, 11) is -2.80. The van der Waals surface area contributed by atoms with Gasteiger partial charge in [-0.3, -0.25) is 4.98 Å². The number of pyridine rings is 1. The molecule has 0 spiro atoms. The molecule has 6 heteroatoms. The maximum atomic E-state index is 11.2. The minimum Gasteiger partial charge on any atom is -0.491 e. The minimum atomic E-state index is -2.80. The molecule has 2 heterocycles. The van der Waals surface area contributed by atoms with E-state index in [1.165, 1.54) is 0 Å². The lowest BCUT2D eigenvalue weighted by Gasteiger charge is -2.11. The van der Waals surface area contributed by atoms with Crippen molar-refractivity contribution in [2.75, 3.05) is 24.7 Å². The van der Waals surface area contributed by atoms with Gasteiger partial charge in [0.2, 0.25) is 0 Å². The van der Waals surface area contributed by atoms with Crippen LogP contribution < -0.4 is 10.1 Å². The van der Waals surface area contributed by atoms with E-state index in [1.54, 1.807) is 6.20 Å². The monoisotopic (exact) mass is 270 g/mol. The van der Waals surface area contributed by atoms with Gasteiger partial charge in [0.15, 0.2) is 9.84 Å². The van der Waals surface area contributed by atoms with Crippen LogP contribution in [0, 0.1) is 6.92 Å². The van der Waals surface area contributed by atoms with E-state index in [0.717, 1.165) is 11.4 Å². The highest BCUT2D eigenvalue weighted by Gasteiger charge is 2.26. The summed E-state index contributed by atoms with van der Waals surface area (Å²) < 4.78 is 28.0. The second kappa shape index (κ2) is 5.67. The first kappa shape index (κ1) is 13.3. The smallest absolute Gasteiger partial charge is 0.151 e. The predicted octanol–water partition coefficient (Wildman–Crippen LogP) is 0.546. The van der Waals surface area contributed by atoms with Crippen molar-refractivity contribution in [3.8, 4) is 5.75 Å². The van der Waals surface area contributed by atoms with E-state index in [9.17, 15) is 8.42 Å². The van der Waals surface area contributed by atoms with Crippen molar-refractivity contribution in [3.63, 3.8) is 0 Å². The lowest BCUT2D eigenvalue weighted by molar-refractivity contribution is 0.306. The SMILES string of the molecule is Cc1ccc(OCCNC2CCS(=O)(=O)C2)cn1. The Morgan fingerprint density at radius 3 is 2.94 bits per heavy atom. The van der Waals surface area contributed by atoms with Gasteiger partial charge >= 0.3 is 0 Å². The van der Waals surface area contributed by atoms with E-state index >= 15 is 0 Å². The van der Waals surface area contributed by atoms with E-state index in [1.807, 2.05) is 19.1 Å². The number of sulfone groups is 1. The maximum Gasteiger partial charge on any atom is 0.151 e. The van der Waals surface area contributed by atoms with E-state index in [0.29, 0.717) is 25.3 Å². The molecule has 1 saturated heterocycles. The van der Waals surface area contributed by atoms with Gasteiger partial charge in [-0.1, -0.05) is 0 Å². The molecule has 1 aromatic rings. The number of nitrogens with one attached hydrogen (secondary N) is 1. The van der Waals surface area contributed by atoms with Crippen LogP contribution in [0.1, 0.15) is 12.1 Å². The fourth-order valence-corrected chi connectivity index (χ4v) is 3.64. The summed E-state index contributed by atoms with van der Waals surface area (Å²) in [5.74, 6) is 1.29. The molecule has 0 saturated carbocycles. The molecule has 2 rings (SSSR count). The van der Waals surface area contributed by atoms with Crippen LogP contribution >= 0.6 is 0 Å². The molecule has 1 N–H and O–H groups in total. The summed E-state index contributed by atoms with van der Waals surface area (Å²) in [4.78, 5) is 4.13. The summed E-state index contributed by atoms with van der Waals surface area (Å²) in [6, 6.07) is 3.85. The second-order valence-corrected chi connectivity index (χ2v) is 6.77. The molecule has 0 radical (unpaired) electrons. The highest BCUT2D eigenvalue weighted by atomic mass is 32.2. The lowest BCUT2D eigenvalue weighted by Crippen LogP contribution is -2.33. The molecule has 1 aliphatic rings. The molecular formula is C12H18N2O3S. The van der Waals surface area contributed by atoms with E-state index in [-0.39, 0.29) is 11.8 Å². The van der Waals surface area contributed by atoms with Gasteiger partial charge in [0.25, 0.3) is 0 Å². The first-order valence-corrected chi connectivity index (χ1v) is 7.86. The van der Waals surface area contributed by atoms with Gasteiger partial charge < -0.3 is 10.1 Å². The molecule has 1 fully saturated rings. The summed E-state index contributed by atoms with van der Waals surface area (Å²) in [5.41, 5.74) is 0.955. The van der Waals surface area contributed by atoms with Crippen molar-refractivity contribution >= 4 is 9.84 Å². The summed E-state index contributed by atoms with van der Waals surface area (Å²) in [6.45, 7) is 3.08. The number of rotatable bonds is 5. The Bertz CT molecular complexity index is 485. The van der Waals surface area contributed by atoms with Crippen molar-refractivity contribution < 1.29 is 13.2 Å². The molecule has 18 heavy (non-hydrogen) atoms. The molecule has 1 unspecified atom stereocenters. The first-order valence-electron chi connectivity index (χ1n) is 6.04. The Morgan fingerprint density at radius 1 is 1.50 bits per heavy atom. The topological polar surface area (TPSA) is 68.3 Å². The molecule has 0 aliphatic carbocycles. The molecule has 100 valence electrons. The van der Waals surface area contributed by atoms with Crippen LogP contribution in [0.4, 0.5) is 0 Å². The summed E-state index contributed by atoms with van der Waals surface area (Å²) >= 11 is 0. The van der Waals surface area contributed by atoms with Gasteiger partial charge in [-0.2, -0.15) is 0 Å². The fraction of sp³-hybridized carbons (Fsp3) is 0.583. The van der Waals surface area contributed by atoms with Gasteiger partial charge in [0.1, 0.15) is 12.4 Å². The molecule has 5 nitrogen and oxygen atoms in total. The predicted molar refractivity (Wildman–Crippen MR) is 69.5 cm³/mol. The molecule has 1 aliphatic heterocycles. The van der Waals surface area contributed by atoms with Gasteiger partial charge in [0, 0.05) is 18.3 Å². The molecule has 0 amide bonds. The molecule has 0 aromatic carbocycles. The third-order valence-corrected chi connectivity index (χ3v) is 4.69. The van der Waals surface area contributed by atoms with Crippen molar-refractivity contribution in [1.82, 2.24) is 10.3 Å². The van der Waals surface area contributed by atoms with Gasteiger partial charge in [0.05, 0.1) is 17.7 Å². The van der Waals surface area contributed by atoms with E-state index < -0.39 is 9.84 Å². The Kier molecular flexibility index (Phi) is 4.19. The van der Waals surface area contributed by atoms with Crippen LogP contribution in [0.3, 0.4) is 0 Å². The Balaban J connectivity index is 1.66. The van der Waals surface area contributed by atoms with Gasteiger partial charge in [-0.15, -0.1) is 0 Å². The third kappa shape index (κ3) is 3.96. The zero-order valence-corrected chi connectivity index (χ0v) is 11.2. The van der Waals surface area contributed by atoms with Gasteiger partial charge in [-0.05, 0) is 25.5 Å². The van der Waals surface area contributed by atoms with Crippen molar-refractivity contribution in [1.29, 1.82) is 0 Å². The van der Waals surface area contributed by atoms with Gasteiger partial charge in [-0.25, -0.2) is 8.42 Å². The second-order valence-electron chi connectivity index (χ2n) is 4.54. The average molecular weight is 270 g/mol. The van der Waals surface area contributed by atoms with Crippen LogP contribution in [0.25, 0.3) is 0 Å². The number of aryl methyl sites for hydroxylation is 1. The quantitative estimate of drug-likeness (QED) is 0.791. The molecular weight excluding hydrogens is 252 g/mol. The van der Waals surface area contributed by atoms with E-state index in [4.69, 9.17) is 4.74 Å². The van der Waals surface area contributed by atoms with Crippen molar-refractivity contribution in [2.45, 2.75) is 19.4 Å². The average Bonchev–Trinajstić information content (AvgIpc) is 2.67. The maximum absolute atomic E-state index is 11.2. The van der Waals surface area contributed by atoms with Crippen LogP contribution in [0.5, 0.6) is 5.75 Å². The summed E-state index contributed by atoms with van der Waals surface area (Å²) in [6.07, 6.45) is 2.39. The largest absolute Gasteiger partial charge is 0.491 e. The number of hydrogen-bond donors (Lipinski definition) is 1. The number of nitrogens with zero attached hydrogens (tertiary/aromatic N) is 1. The standard InChI is InChI=1S/C12H18N2O3S/c1-10-2-3-12(8-14-10)17-6-5-13-11-4-7-18(15,16)9-11/h2-3,8,11,13H,4-7,9H2,1H3.